The van der Waals surface area contributed by atoms with Gasteiger partial charge in [-0.25, -0.2) is 4.79 Å². The van der Waals surface area contributed by atoms with Crippen LogP contribution in [0.2, 0.25) is 0 Å². The normalized spacial score (nSPS) is 11.0. The Hall–Kier alpha value is -2.07. The Morgan fingerprint density at radius 2 is 2.00 bits per heavy atom. The molecule has 4 heteroatoms. The Labute approximate surface area is 143 Å². The number of hydrogen-bond donors (Lipinski definition) is 2. The molecule has 0 aliphatic heterocycles. The lowest BCUT2D eigenvalue weighted by atomic mass is 10.0. The van der Waals surface area contributed by atoms with Crippen LogP contribution >= 0.6 is 15.9 Å². The molecule has 3 rings (SSSR count). The maximum Gasteiger partial charge on any atom is 0.336 e. The van der Waals surface area contributed by atoms with E-state index in [0.717, 1.165) is 27.5 Å². The molecule has 1 heterocycles. The van der Waals surface area contributed by atoms with E-state index in [2.05, 4.69) is 46.0 Å². The van der Waals surface area contributed by atoms with Crippen molar-refractivity contribution in [1.29, 1.82) is 0 Å². The maximum absolute atomic E-state index is 11.5. The lowest BCUT2D eigenvalue weighted by molar-refractivity contribution is 0.0697. The topological polar surface area (TPSA) is 53.1 Å². The fourth-order valence-corrected chi connectivity index (χ4v) is 3.46. The minimum atomic E-state index is -0.921. The van der Waals surface area contributed by atoms with Gasteiger partial charge in [0.15, 0.2) is 0 Å². The van der Waals surface area contributed by atoms with Crippen LogP contribution in [0, 0.1) is 0 Å². The molecule has 0 amide bonds. The molecule has 23 heavy (non-hydrogen) atoms. The van der Waals surface area contributed by atoms with Crippen LogP contribution in [0.3, 0.4) is 0 Å². The summed E-state index contributed by atoms with van der Waals surface area (Å²) in [5.41, 5.74) is 4.11. The summed E-state index contributed by atoms with van der Waals surface area (Å²) in [6, 6.07) is 13.4. The maximum atomic E-state index is 11.5. The molecule has 0 atom stereocenters. The summed E-state index contributed by atoms with van der Waals surface area (Å²) in [5.74, 6) is -0.921. The number of H-pyrrole nitrogens is 1. The number of nitrogens with one attached hydrogen (secondary N) is 1. The number of unbranched alkanes of at least 4 members (excludes halogenated alkanes) is 1. The van der Waals surface area contributed by atoms with Crippen molar-refractivity contribution in [1.82, 2.24) is 4.98 Å². The van der Waals surface area contributed by atoms with Crippen LogP contribution in [0.4, 0.5) is 0 Å². The fraction of sp³-hybridized carbons (Fsp3) is 0.211. The van der Waals surface area contributed by atoms with Crippen LogP contribution in [0.15, 0.2) is 46.9 Å². The molecule has 2 aromatic carbocycles. The number of halogens is 1. The largest absolute Gasteiger partial charge is 0.478 e. The predicted octanol–water partition coefficient (Wildman–Crippen LogP) is 5.64. The average molecular weight is 372 g/mol. The van der Waals surface area contributed by atoms with Crippen LogP contribution in [-0.4, -0.2) is 16.1 Å². The zero-order valence-corrected chi connectivity index (χ0v) is 14.5. The molecule has 0 saturated heterocycles. The van der Waals surface area contributed by atoms with Gasteiger partial charge in [-0.1, -0.05) is 37.6 Å². The lowest BCUT2D eigenvalue weighted by Gasteiger charge is -2.04. The lowest BCUT2D eigenvalue weighted by Crippen LogP contribution is -1.99. The van der Waals surface area contributed by atoms with Crippen molar-refractivity contribution in [2.75, 3.05) is 0 Å². The Morgan fingerprint density at radius 1 is 1.22 bits per heavy atom. The molecule has 0 fully saturated rings. The second-order valence-electron chi connectivity index (χ2n) is 5.65. The van der Waals surface area contributed by atoms with Crippen molar-refractivity contribution in [2.24, 2.45) is 0 Å². The number of aromatic nitrogens is 1. The molecular weight excluding hydrogens is 354 g/mol. The van der Waals surface area contributed by atoms with Gasteiger partial charge in [-0.15, -0.1) is 0 Å². The zero-order chi connectivity index (χ0) is 16.4. The predicted molar refractivity (Wildman–Crippen MR) is 97.0 cm³/mol. The van der Waals surface area contributed by atoms with E-state index in [9.17, 15) is 9.90 Å². The number of hydrogen-bond acceptors (Lipinski definition) is 1. The van der Waals surface area contributed by atoms with Crippen LogP contribution in [0.1, 0.15) is 35.7 Å². The van der Waals surface area contributed by atoms with Crippen LogP contribution in [0.25, 0.3) is 22.2 Å². The number of carboxylic acids is 1. The summed E-state index contributed by atoms with van der Waals surface area (Å²) in [4.78, 5) is 14.8. The molecule has 1 aromatic heterocycles. The smallest absolute Gasteiger partial charge is 0.336 e. The van der Waals surface area contributed by atoms with Gasteiger partial charge >= 0.3 is 5.97 Å². The summed E-state index contributed by atoms with van der Waals surface area (Å²) >= 11 is 3.65. The summed E-state index contributed by atoms with van der Waals surface area (Å²) in [6.45, 7) is 2.19. The van der Waals surface area contributed by atoms with Gasteiger partial charge in [-0.05, 0) is 52.5 Å². The number of benzene rings is 2. The molecule has 0 radical (unpaired) electrons. The minimum Gasteiger partial charge on any atom is -0.478 e. The van der Waals surface area contributed by atoms with Crippen molar-refractivity contribution in [3.8, 4) is 11.3 Å². The number of aromatic carboxylic acids is 1. The monoisotopic (exact) mass is 371 g/mol. The van der Waals surface area contributed by atoms with Gasteiger partial charge in [-0.3, -0.25) is 0 Å². The molecular formula is C19H18BrNO2. The highest BCUT2D eigenvalue weighted by Crippen LogP contribution is 2.36. The number of carbonyl (C=O) groups is 1. The Bertz CT molecular complexity index is 867. The van der Waals surface area contributed by atoms with E-state index in [-0.39, 0.29) is 0 Å². The first-order chi connectivity index (χ1) is 11.1. The third-order valence-electron chi connectivity index (χ3n) is 4.05. The van der Waals surface area contributed by atoms with E-state index in [1.165, 1.54) is 18.4 Å². The quantitative estimate of drug-likeness (QED) is 0.609. The van der Waals surface area contributed by atoms with E-state index in [0.29, 0.717) is 11.1 Å². The van der Waals surface area contributed by atoms with Crippen molar-refractivity contribution in [3.05, 3.63) is 58.1 Å². The first-order valence-electron chi connectivity index (χ1n) is 7.74. The van der Waals surface area contributed by atoms with E-state index < -0.39 is 5.97 Å². The zero-order valence-electron chi connectivity index (χ0n) is 12.9. The second kappa shape index (κ2) is 6.59. The van der Waals surface area contributed by atoms with Crippen LogP contribution < -0.4 is 0 Å². The Morgan fingerprint density at radius 3 is 2.74 bits per heavy atom. The molecule has 2 N–H and O–H groups in total. The van der Waals surface area contributed by atoms with E-state index >= 15 is 0 Å². The van der Waals surface area contributed by atoms with Crippen LogP contribution in [0.5, 0.6) is 0 Å². The first-order valence-corrected chi connectivity index (χ1v) is 8.54. The SMILES string of the molecule is CCCCc1ccc2[nH]c(-c3ccccc3C(=O)O)c(Br)c2c1. The molecule has 0 aliphatic rings. The highest BCUT2D eigenvalue weighted by molar-refractivity contribution is 9.10. The van der Waals surface area contributed by atoms with Gasteiger partial charge in [0.05, 0.1) is 15.7 Å². The molecule has 3 nitrogen and oxygen atoms in total. The third kappa shape index (κ3) is 3.04. The van der Waals surface area contributed by atoms with Crippen molar-refractivity contribution < 1.29 is 9.90 Å². The van der Waals surface area contributed by atoms with Crippen molar-refractivity contribution in [3.63, 3.8) is 0 Å². The number of carboxylic acid groups (broad SMARTS) is 1. The minimum absolute atomic E-state index is 0.297. The molecule has 3 aromatic rings. The molecule has 0 spiro atoms. The van der Waals surface area contributed by atoms with Gasteiger partial charge in [0.2, 0.25) is 0 Å². The molecule has 0 bridgehead atoms. The first kappa shape index (κ1) is 15.8. The number of aromatic amines is 1. The number of fused-ring (bicyclic) bond motifs is 1. The number of rotatable bonds is 5. The van der Waals surface area contributed by atoms with E-state index in [1.807, 2.05) is 12.1 Å². The van der Waals surface area contributed by atoms with E-state index in [4.69, 9.17) is 0 Å². The van der Waals surface area contributed by atoms with Crippen LogP contribution in [-0.2, 0) is 6.42 Å². The summed E-state index contributed by atoms with van der Waals surface area (Å²) < 4.78 is 0.916. The Kier molecular flexibility index (Phi) is 4.53. The summed E-state index contributed by atoms with van der Waals surface area (Å²) in [5, 5.41) is 10.5. The molecule has 118 valence electrons. The van der Waals surface area contributed by atoms with Gasteiger partial charge < -0.3 is 10.1 Å². The molecule has 0 aliphatic carbocycles. The standard InChI is InChI=1S/C19H18BrNO2/c1-2-3-6-12-9-10-16-15(11-12)17(20)18(21-16)13-7-4-5-8-14(13)19(22)23/h4-5,7-11,21H,2-3,6H2,1H3,(H,22,23). The molecule has 0 unspecified atom stereocenters. The average Bonchev–Trinajstić information content (AvgIpc) is 2.89. The van der Waals surface area contributed by atoms with Crippen molar-refractivity contribution in [2.45, 2.75) is 26.2 Å². The highest BCUT2D eigenvalue weighted by Gasteiger charge is 2.17. The molecule has 0 saturated carbocycles. The van der Waals surface area contributed by atoms with Gasteiger partial charge in [-0.2, -0.15) is 0 Å². The fourth-order valence-electron chi connectivity index (χ4n) is 2.82. The third-order valence-corrected chi connectivity index (χ3v) is 4.87. The van der Waals surface area contributed by atoms with E-state index in [1.54, 1.807) is 12.1 Å². The Balaban J connectivity index is 2.13. The summed E-state index contributed by atoms with van der Waals surface area (Å²) in [6.07, 6.45) is 3.40. The second-order valence-corrected chi connectivity index (χ2v) is 6.44. The van der Waals surface area contributed by atoms with Crippen molar-refractivity contribution >= 4 is 32.8 Å². The highest BCUT2D eigenvalue weighted by atomic mass is 79.9. The van der Waals surface area contributed by atoms with Gasteiger partial charge in [0.25, 0.3) is 0 Å². The number of aryl methyl sites for hydroxylation is 1. The summed E-state index contributed by atoms with van der Waals surface area (Å²) in [7, 11) is 0. The van der Waals surface area contributed by atoms with Gasteiger partial charge in [0, 0.05) is 16.5 Å². The van der Waals surface area contributed by atoms with Gasteiger partial charge in [0.1, 0.15) is 0 Å².